The van der Waals surface area contributed by atoms with Crippen LogP contribution in [0.1, 0.15) is 52.7 Å². The lowest BCUT2D eigenvalue weighted by Crippen LogP contribution is -2.19. The molecule has 0 saturated heterocycles. The van der Waals surface area contributed by atoms with Crippen molar-refractivity contribution in [2.45, 2.75) is 51.0 Å². The number of pyridine rings is 2. The van der Waals surface area contributed by atoms with Crippen molar-refractivity contribution in [3.8, 4) is 45.3 Å². The number of hydrogen-bond acceptors (Lipinski definition) is 6. The Morgan fingerprint density at radius 1 is 0.739 bits per heavy atom. The van der Waals surface area contributed by atoms with Crippen LogP contribution in [-0.2, 0) is 22.0 Å². The van der Waals surface area contributed by atoms with E-state index in [9.17, 15) is 8.42 Å². The quantitative estimate of drug-likeness (QED) is 0.162. The minimum Gasteiger partial charge on any atom is -0.496 e. The molecular formula is C34H36Cl2N4O4S2. The summed E-state index contributed by atoms with van der Waals surface area (Å²) in [6, 6.07) is 16.5. The van der Waals surface area contributed by atoms with Crippen molar-refractivity contribution in [1.29, 1.82) is 0 Å². The molecule has 0 aliphatic heterocycles. The van der Waals surface area contributed by atoms with Gasteiger partial charge in [-0.05, 0) is 71.9 Å². The molecule has 2 atom stereocenters. The molecule has 2 aromatic heterocycles. The highest BCUT2D eigenvalue weighted by Crippen LogP contribution is 2.42. The summed E-state index contributed by atoms with van der Waals surface area (Å²) < 4.78 is 43.4. The van der Waals surface area contributed by atoms with E-state index >= 15 is 0 Å². The van der Waals surface area contributed by atoms with E-state index in [-0.39, 0.29) is 0 Å². The molecule has 46 heavy (non-hydrogen) atoms. The van der Waals surface area contributed by atoms with E-state index in [2.05, 4.69) is 18.8 Å². The van der Waals surface area contributed by atoms with Crippen molar-refractivity contribution in [2.75, 3.05) is 14.2 Å². The molecular weight excluding hydrogens is 663 g/mol. The second-order valence-electron chi connectivity index (χ2n) is 12.1. The number of halogens is 2. The van der Waals surface area contributed by atoms with Gasteiger partial charge in [0, 0.05) is 40.2 Å². The van der Waals surface area contributed by atoms with Gasteiger partial charge < -0.3 is 9.47 Å². The lowest BCUT2D eigenvalue weighted by atomic mass is 9.99. The highest BCUT2D eigenvalue weighted by Gasteiger charge is 2.21. The van der Waals surface area contributed by atoms with Crippen LogP contribution in [0.5, 0.6) is 11.6 Å². The average Bonchev–Trinajstić information content (AvgIpc) is 3.01. The van der Waals surface area contributed by atoms with E-state index in [1.165, 1.54) is 13.3 Å². The molecule has 0 fully saturated rings. The van der Waals surface area contributed by atoms with Gasteiger partial charge >= 0.3 is 0 Å². The van der Waals surface area contributed by atoms with E-state index in [1.807, 2.05) is 84.0 Å². The van der Waals surface area contributed by atoms with Gasteiger partial charge in [0.1, 0.15) is 27.7 Å². The monoisotopic (exact) mass is 698 g/mol. The van der Waals surface area contributed by atoms with Crippen LogP contribution < -0.4 is 9.47 Å². The Kier molecular flexibility index (Phi) is 11.2. The van der Waals surface area contributed by atoms with Crippen LogP contribution in [0.4, 0.5) is 0 Å². The third kappa shape index (κ3) is 8.09. The molecule has 0 radical (unpaired) electrons. The molecule has 4 aromatic rings. The number of benzene rings is 2. The Morgan fingerprint density at radius 2 is 1.33 bits per heavy atom. The summed E-state index contributed by atoms with van der Waals surface area (Å²) in [7, 11) is 0.247. The van der Waals surface area contributed by atoms with Crippen molar-refractivity contribution in [1.82, 2.24) is 9.97 Å². The third-order valence-corrected chi connectivity index (χ3v) is 10.1. The van der Waals surface area contributed by atoms with Crippen LogP contribution in [0.25, 0.3) is 33.6 Å². The summed E-state index contributed by atoms with van der Waals surface area (Å²) in [4.78, 5) is 9.22. The molecule has 0 spiro atoms. The van der Waals surface area contributed by atoms with E-state index < -0.39 is 31.5 Å². The fraction of sp³-hybridized carbons (Fsp3) is 0.294. The van der Waals surface area contributed by atoms with E-state index in [1.54, 1.807) is 31.7 Å². The first-order chi connectivity index (χ1) is 21.6. The molecule has 12 heteroatoms. The van der Waals surface area contributed by atoms with Gasteiger partial charge in [0.05, 0.1) is 56.9 Å². The lowest BCUT2D eigenvalue weighted by Gasteiger charge is -2.15. The van der Waals surface area contributed by atoms with Gasteiger partial charge in [-0.1, -0.05) is 47.5 Å². The molecule has 2 heterocycles. The maximum atomic E-state index is 12.4. The maximum absolute atomic E-state index is 12.4. The Hall–Kier alpha value is -3.44. The number of rotatable bonds is 9. The second-order valence-corrected chi connectivity index (χ2v) is 16.8. The third-order valence-electron chi connectivity index (χ3n) is 6.67. The van der Waals surface area contributed by atoms with Gasteiger partial charge in [-0.15, -0.1) is 0 Å². The normalized spacial score (nSPS) is 13.7. The molecule has 0 unspecified atom stereocenters. The topological polar surface area (TPSA) is 103 Å². The zero-order valence-corrected chi connectivity index (χ0v) is 30.1. The van der Waals surface area contributed by atoms with Gasteiger partial charge in [0.25, 0.3) is 0 Å². The van der Waals surface area contributed by atoms with Crippen LogP contribution in [0.15, 0.2) is 69.6 Å². The Balaban J connectivity index is 1.71. The predicted octanol–water partition coefficient (Wildman–Crippen LogP) is 8.56. The smallest absolute Gasteiger partial charge is 0.222 e. The van der Waals surface area contributed by atoms with Crippen LogP contribution in [0.2, 0.25) is 10.0 Å². The fourth-order valence-corrected chi connectivity index (χ4v) is 5.84. The van der Waals surface area contributed by atoms with Crippen molar-refractivity contribution in [2.24, 2.45) is 8.80 Å². The average molecular weight is 700 g/mol. The van der Waals surface area contributed by atoms with E-state index in [0.29, 0.717) is 60.9 Å². The number of nitrogens with zero attached hydrogens (tertiary/aromatic N) is 4. The lowest BCUT2D eigenvalue weighted by molar-refractivity contribution is 0.398. The molecule has 0 aliphatic rings. The summed E-state index contributed by atoms with van der Waals surface area (Å²) in [5, 5.41) is 0.852. The summed E-state index contributed by atoms with van der Waals surface area (Å²) in [5.74, 6) is 0.860. The van der Waals surface area contributed by atoms with Gasteiger partial charge in [-0.25, -0.2) is 13.4 Å². The molecule has 0 N–H and O–H groups in total. The van der Waals surface area contributed by atoms with Gasteiger partial charge in [-0.2, -0.15) is 8.80 Å². The zero-order chi connectivity index (χ0) is 33.8. The predicted molar refractivity (Wildman–Crippen MR) is 192 cm³/mol. The largest absolute Gasteiger partial charge is 0.496 e. The Labute approximate surface area is 285 Å². The summed E-state index contributed by atoms with van der Waals surface area (Å²) in [6.45, 7) is 11.2. The van der Waals surface area contributed by atoms with Crippen LogP contribution >= 0.6 is 23.2 Å². The number of aromatic nitrogens is 2. The Morgan fingerprint density at radius 3 is 1.93 bits per heavy atom. The molecule has 0 bridgehead atoms. The maximum Gasteiger partial charge on any atom is 0.222 e. The summed E-state index contributed by atoms with van der Waals surface area (Å²) in [5.41, 5.74) is 5.16. The molecule has 2 aromatic carbocycles. The second kappa shape index (κ2) is 14.5. The molecule has 8 nitrogen and oxygen atoms in total. The van der Waals surface area contributed by atoms with E-state index in [4.69, 9.17) is 32.7 Å². The summed E-state index contributed by atoms with van der Waals surface area (Å²) >= 11 is 14.0. The molecule has 0 saturated carbocycles. The zero-order valence-electron chi connectivity index (χ0n) is 26.9. The van der Waals surface area contributed by atoms with Crippen LogP contribution in [0, 0.1) is 0 Å². The Bertz CT molecular complexity index is 1730. The number of methoxy groups -OCH3 is 2. The number of ether oxygens (including phenoxy) is 2. The van der Waals surface area contributed by atoms with Crippen LogP contribution in [-0.4, -0.2) is 54.5 Å². The standard InChI is InChI=1S/C34H36Cl2N4O4S2/c1-33(2,3)45(41)38-19-22-13-12-21(18-28(22)43-7)31-30(36)25(16-17-37-31)24-10-9-11-26(29(24)35)27-15-14-23(32(40-27)44-8)20-39-46(42)34(4,5)6/h9-20H,1-8H3/t45-,46-/m0/s1. The van der Waals surface area contributed by atoms with Crippen LogP contribution in [0.3, 0.4) is 0 Å². The first-order valence-electron chi connectivity index (χ1n) is 14.2. The minimum absolute atomic E-state index is 0.324. The highest BCUT2D eigenvalue weighted by molar-refractivity contribution is 7.85. The van der Waals surface area contributed by atoms with Gasteiger partial charge in [-0.3, -0.25) is 4.98 Å². The molecule has 0 aliphatic carbocycles. The first kappa shape index (κ1) is 35.4. The minimum atomic E-state index is -1.42. The van der Waals surface area contributed by atoms with Crippen molar-refractivity contribution in [3.63, 3.8) is 0 Å². The fourth-order valence-electron chi connectivity index (χ4n) is 4.14. The molecule has 242 valence electrons. The summed E-state index contributed by atoms with van der Waals surface area (Å²) in [6.07, 6.45) is 4.73. The van der Waals surface area contributed by atoms with Gasteiger partial charge in [0.2, 0.25) is 5.88 Å². The van der Waals surface area contributed by atoms with Crippen molar-refractivity contribution >= 4 is 57.6 Å². The first-order valence-corrected chi connectivity index (χ1v) is 17.2. The number of hydrogen-bond donors (Lipinski definition) is 0. The van der Waals surface area contributed by atoms with Gasteiger partial charge in [0.15, 0.2) is 0 Å². The highest BCUT2D eigenvalue weighted by atomic mass is 35.5. The van der Waals surface area contributed by atoms with E-state index in [0.717, 1.165) is 5.56 Å². The van der Waals surface area contributed by atoms with Crippen molar-refractivity contribution in [3.05, 3.63) is 82.0 Å². The van der Waals surface area contributed by atoms with Crippen molar-refractivity contribution < 1.29 is 17.9 Å². The molecule has 0 amide bonds. The molecule has 4 rings (SSSR count). The SMILES string of the molecule is COc1cc(-c2nccc(-c3cccc(-c4ccc(C=N[S@@](=O)C(C)(C)C)c(OC)n4)c3Cl)c2Cl)ccc1C=N[S@@](=O)C(C)(C)C.